The number of anilines is 1. The number of aromatic amines is 1. The van der Waals surface area contributed by atoms with E-state index in [4.69, 9.17) is 26.9 Å². The number of nitrogens with zero attached hydrogens (tertiary/aromatic N) is 2. The van der Waals surface area contributed by atoms with Crippen molar-refractivity contribution in [2.24, 2.45) is 10.9 Å². The summed E-state index contributed by atoms with van der Waals surface area (Å²) in [5, 5.41) is 6.46. The third-order valence-electron chi connectivity index (χ3n) is 4.46. The SMILES string of the molecule is CCOc1ccc(NC(=O)/C(=N/N)[C@@H](C(=O)OC)c2nc3ccc(Cl)cc3[nH]c2=O)cc1. The molecule has 11 heteroatoms. The summed E-state index contributed by atoms with van der Waals surface area (Å²) in [5.41, 5.74) is -0.348. The summed E-state index contributed by atoms with van der Waals surface area (Å²) >= 11 is 5.94. The summed E-state index contributed by atoms with van der Waals surface area (Å²) in [6, 6.07) is 11.2. The third kappa shape index (κ3) is 4.86. The highest BCUT2D eigenvalue weighted by atomic mass is 35.5. The van der Waals surface area contributed by atoms with Crippen molar-refractivity contribution in [2.45, 2.75) is 12.8 Å². The quantitative estimate of drug-likeness (QED) is 0.213. The van der Waals surface area contributed by atoms with Crippen molar-refractivity contribution in [3.05, 3.63) is 63.5 Å². The molecule has 0 saturated heterocycles. The first kappa shape index (κ1) is 22.8. The minimum atomic E-state index is -1.56. The van der Waals surface area contributed by atoms with Crippen molar-refractivity contribution in [1.82, 2.24) is 9.97 Å². The van der Waals surface area contributed by atoms with E-state index >= 15 is 0 Å². The Kier molecular flexibility index (Phi) is 7.06. The van der Waals surface area contributed by atoms with E-state index in [1.54, 1.807) is 36.4 Å². The van der Waals surface area contributed by atoms with Gasteiger partial charge in [0.05, 0.1) is 24.8 Å². The van der Waals surface area contributed by atoms with Crippen LogP contribution in [0.3, 0.4) is 0 Å². The largest absolute Gasteiger partial charge is 0.494 e. The molecule has 166 valence electrons. The number of benzene rings is 2. The van der Waals surface area contributed by atoms with Gasteiger partial charge in [-0.3, -0.25) is 14.4 Å². The maximum Gasteiger partial charge on any atom is 0.321 e. The van der Waals surface area contributed by atoms with Gasteiger partial charge in [-0.15, -0.1) is 0 Å². The zero-order valence-corrected chi connectivity index (χ0v) is 18.0. The number of hydrazone groups is 1. The number of carbonyl (C=O) groups excluding carboxylic acids is 2. The molecule has 1 heterocycles. The average Bonchev–Trinajstić information content (AvgIpc) is 2.78. The fourth-order valence-corrected chi connectivity index (χ4v) is 3.17. The zero-order valence-electron chi connectivity index (χ0n) is 17.2. The van der Waals surface area contributed by atoms with Gasteiger partial charge in [0.15, 0.2) is 5.92 Å². The number of nitrogens with two attached hydrogens (primary N) is 1. The van der Waals surface area contributed by atoms with Crippen LogP contribution in [0.25, 0.3) is 11.0 Å². The number of hydrogen-bond donors (Lipinski definition) is 3. The van der Waals surface area contributed by atoms with Gasteiger partial charge in [0.1, 0.15) is 17.2 Å². The Morgan fingerprint density at radius 1 is 1.25 bits per heavy atom. The molecule has 1 aromatic heterocycles. The van der Waals surface area contributed by atoms with Crippen molar-refractivity contribution in [3.8, 4) is 5.75 Å². The standard InChI is InChI=1S/C21H20ClN5O5/c1-3-32-13-7-5-12(6-8-13)24-20(29)18(27-23)16(21(30)31-2)17-19(28)26-15-10-11(22)4-9-14(15)25-17/h4-10,16H,3,23H2,1-2H3,(H,24,29)(H,26,28)/b27-18+/t16-/m0/s1. The van der Waals surface area contributed by atoms with Crippen LogP contribution in [-0.4, -0.2) is 41.3 Å². The Bertz CT molecular complexity index is 1240. The van der Waals surface area contributed by atoms with E-state index < -0.39 is 29.1 Å². The van der Waals surface area contributed by atoms with Crippen molar-refractivity contribution >= 4 is 45.9 Å². The summed E-state index contributed by atoms with van der Waals surface area (Å²) in [6.45, 7) is 2.35. The normalized spacial score (nSPS) is 12.3. The highest BCUT2D eigenvalue weighted by molar-refractivity contribution is 6.47. The second-order valence-electron chi connectivity index (χ2n) is 6.49. The summed E-state index contributed by atoms with van der Waals surface area (Å²) in [5.74, 6) is 2.78. The molecule has 0 spiro atoms. The average molecular weight is 458 g/mol. The maximum absolute atomic E-state index is 12.9. The Morgan fingerprint density at radius 2 is 1.97 bits per heavy atom. The molecule has 0 aliphatic carbocycles. The Labute approximate surface area is 187 Å². The number of esters is 1. The van der Waals surface area contributed by atoms with Crippen LogP contribution in [-0.2, 0) is 14.3 Å². The van der Waals surface area contributed by atoms with Crippen LogP contribution >= 0.6 is 11.6 Å². The Hall–Kier alpha value is -3.92. The number of fused-ring (bicyclic) bond motifs is 1. The van der Waals surface area contributed by atoms with Gasteiger partial charge in [0.2, 0.25) is 0 Å². The second-order valence-corrected chi connectivity index (χ2v) is 6.93. The first-order chi connectivity index (χ1) is 15.4. The highest BCUT2D eigenvalue weighted by Gasteiger charge is 2.36. The first-order valence-corrected chi connectivity index (χ1v) is 9.85. The first-order valence-electron chi connectivity index (χ1n) is 9.47. The monoisotopic (exact) mass is 457 g/mol. The number of amides is 1. The number of nitrogens with one attached hydrogen (secondary N) is 2. The predicted molar refractivity (Wildman–Crippen MR) is 120 cm³/mol. The lowest BCUT2D eigenvalue weighted by molar-refractivity contribution is -0.141. The molecule has 10 nitrogen and oxygen atoms in total. The summed E-state index contributed by atoms with van der Waals surface area (Å²) in [7, 11) is 1.11. The lowest BCUT2D eigenvalue weighted by Gasteiger charge is -2.16. The third-order valence-corrected chi connectivity index (χ3v) is 4.69. The highest BCUT2D eigenvalue weighted by Crippen LogP contribution is 2.21. The van der Waals surface area contributed by atoms with Crippen molar-refractivity contribution in [2.75, 3.05) is 19.0 Å². The van der Waals surface area contributed by atoms with E-state index in [0.29, 0.717) is 34.1 Å². The summed E-state index contributed by atoms with van der Waals surface area (Å²) in [4.78, 5) is 45.0. The molecule has 0 bridgehead atoms. The molecular formula is C21H20ClN5O5. The number of methoxy groups -OCH3 is 1. The van der Waals surface area contributed by atoms with Gasteiger partial charge in [-0.1, -0.05) is 11.6 Å². The molecule has 0 saturated carbocycles. The molecule has 0 fully saturated rings. The van der Waals surface area contributed by atoms with E-state index in [-0.39, 0.29) is 5.69 Å². The number of aromatic nitrogens is 2. The molecule has 0 aliphatic rings. The molecule has 3 aromatic rings. The topological polar surface area (TPSA) is 149 Å². The van der Waals surface area contributed by atoms with Gasteiger partial charge >= 0.3 is 5.97 Å². The van der Waals surface area contributed by atoms with Crippen LogP contribution in [0.2, 0.25) is 5.02 Å². The Balaban J connectivity index is 1.98. The van der Waals surface area contributed by atoms with Gasteiger partial charge in [-0.05, 0) is 49.4 Å². The van der Waals surface area contributed by atoms with Gasteiger partial charge in [0, 0.05) is 10.7 Å². The number of rotatable bonds is 7. The van der Waals surface area contributed by atoms with E-state index in [9.17, 15) is 14.4 Å². The number of H-pyrrole nitrogens is 1. The van der Waals surface area contributed by atoms with E-state index in [1.165, 1.54) is 6.07 Å². The van der Waals surface area contributed by atoms with Crippen LogP contribution in [0.1, 0.15) is 18.5 Å². The van der Waals surface area contributed by atoms with Crippen molar-refractivity contribution in [3.63, 3.8) is 0 Å². The van der Waals surface area contributed by atoms with Crippen molar-refractivity contribution < 1.29 is 19.1 Å². The predicted octanol–water partition coefficient (Wildman–Crippen LogP) is 2.19. The lowest BCUT2D eigenvalue weighted by Crippen LogP contribution is -2.38. The van der Waals surface area contributed by atoms with Crippen LogP contribution in [0.15, 0.2) is 52.4 Å². The molecular weight excluding hydrogens is 438 g/mol. The van der Waals surface area contributed by atoms with E-state index in [0.717, 1.165) is 7.11 Å². The van der Waals surface area contributed by atoms with Crippen LogP contribution in [0.5, 0.6) is 5.75 Å². The molecule has 4 N–H and O–H groups in total. The van der Waals surface area contributed by atoms with E-state index in [2.05, 4.69) is 20.4 Å². The van der Waals surface area contributed by atoms with Crippen LogP contribution in [0, 0.1) is 0 Å². The lowest BCUT2D eigenvalue weighted by atomic mass is 9.98. The molecule has 0 aliphatic heterocycles. The van der Waals surface area contributed by atoms with Gasteiger partial charge in [0.25, 0.3) is 11.5 Å². The van der Waals surface area contributed by atoms with Crippen LogP contribution < -0.4 is 21.5 Å². The fourth-order valence-electron chi connectivity index (χ4n) is 3.00. The second kappa shape index (κ2) is 9.92. The molecule has 3 rings (SSSR count). The minimum Gasteiger partial charge on any atom is -0.494 e. The molecule has 1 atom stereocenters. The minimum absolute atomic E-state index is 0.294. The number of ether oxygens (including phenoxy) is 2. The number of halogens is 1. The molecule has 0 radical (unpaired) electrons. The van der Waals surface area contributed by atoms with Gasteiger partial charge in [-0.25, -0.2) is 4.98 Å². The van der Waals surface area contributed by atoms with Crippen molar-refractivity contribution in [1.29, 1.82) is 0 Å². The van der Waals surface area contributed by atoms with E-state index in [1.807, 2.05) is 6.92 Å². The summed E-state index contributed by atoms with van der Waals surface area (Å²) in [6.07, 6.45) is 0. The van der Waals surface area contributed by atoms with Gasteiger partial charge < -0.3 is 25.6 Å². The maximum atomic E-state index is 12.9. The van der Waals surface area contributed by atoms with Crippen LogP contribution in [0.4, 0.5) is 5.69 Å². The van der Waals surface area contributed by atoms with Gasteiger partial charge in [-0.2, -0.15) is 5.10 Å². The number of carbonyl (C=O) groups is 2. The zero-order chi connectivity index (χ0) is 23.3. The Morgan fingerprint density at radius 3 is 2.59 bits per heavy atom. The number of hydrogen-bond acceptors (Lipinski definition) is 8. The summed E-state index contributed by atoms with van der Waals surface area (Å²) < 4.78 is 10.2. The molecule has 0 unspecified atom stereocenters. The fraction of sp³-hybridized carbons (Fsp3) is 0.190. The smallest absolute Gasteiger partial charge is 0.321 e. The molecule has 32 heavy (non-hydrogen) atoms. The molecule has 2 aromatic carbocycles. The molecule has 1 amide bonds.